The Morgan fingerprint density at radius 1 is 1.04 bits per heavy atom. The topological polar surface area (TPSA) is 109 Å². The molecule has 0 radical (unpaired) electrons. The Balaban J connectivity index is 2.21. The number of rotatable bonds is 3. The van der Waals surface area contributed by atoms with E-state index in [-0.39, 0.29) is 21.6 Å². The Morgan fingerprint density at radius 3 is 2.13 bits per heavy atom. The number of ether oxygens (including phenoxy) is 2. The van der Waals surface area contributed by atoms with Crippen molar-refractivity contribution >= 4 is 29.4 Å². The van der Waals surface area contributed by atoms with Crippen LogP contribution in [0.1, 0.15) is 5.56 Å². The number of halogens is 2. The third kappa shape index (κ3) is 3.86. The molecule has 114 valence electrons. The summed E-state index contributed by atoms with van der Waals surface area (Å²) in [7, 11) is 0. The molecule has 2 rings (SSSR count). The van der Waals surface area contributed by atoms with Gasteiger partial charge in [0.15, 0.2) is 5.75 Å². The van der Waals surface area contributed by atoms with Crippen molar-refractivity contribution in [3.05, 3.63) is 52.5 Å². The first-order valence-corrected chi connectivity index (χ1v) is 6.71. The molecule has 0 aromatic carbocycles. The molecule has 2 aromatic rings. The number of aromatic nitrogens is 2. The second-order valence-electron chi connectivity index (χ2n) is 4.05. The molecule has 0 fully saturated rings. The largest absolute Gasteiger partial charge is 0.516 e. The predicted octanol–water partition coefficient (Wildman–Crippen LogP) is 3.24. The van der Waals surface area contributed by atoms with E-state index in [0.29, 0.717) is 0 Å². The van der Waals surface area contributed by atoms with Gasteiger partial charge < -0.3 is 9.47 Å². The quantitative estimate of drug-likeness (QED) is 0.618. The van der Waals surface area contributed by atoms with Crippen molar-refractivity contribution in [3.8, 4) is 17.9 Å². The molecule has 0 aliphatic rings. The van der Waals surface area contributed by atoms with Crippen molar-refractivity contribution in [2.45, 2.75) is 5.60 Å². The van der Waals surface area contributed by atoms with E-state index in [1.165, 1.54) is 30.5 Å². The summed E-state index contributed by atoms with van der Waals surface area (Å²) in [6.07, 6.45) is 1.09. The zero-order valence-corrected chi connectivity index (χ0v) is 12.7. The van der Waals surface area contributed by atoms with Crippen LogP contribution in [0.5, 0.6) is 5.75 Å². The van der Waals surface area contributed by atoms with Gasteiger partial charge in [0.1, 0.15) is 22.4 Å². The van der Waals surface area contributed by atoms with Crippen LogP contribution in [0.25, 0.3) is 0 Å². The first-order valence-electron chi connectivity index (χ1n) is 5.96. The van der Waals surface area contributed by atoms with Gasteiger partial charge in [0.2, 0.25) is 0 Å². The minimum Gasteiger partial charge on any atom is -0.394 e. The first kappa shape index (κ1) is 16.5. The van der Waals surface area contributed by atoms with E-state index in [0.717, 1.165) is 6.20 Å². The van der Waals surface area contributed by atoms with Gasteiger partial charge in [0.05, 0.1) is 6.20 Å². The van der Waals surface area contributed by atoms with Crippen LogP contribution >= 0.6 is 23.2 Å². The lowest BCUT2D eigenvalue weighted by Gasteiger charge is -2.18. The molecule has 7 nitrogen and oxygen atoms in total. The van der Waals surface area contributed by atoms with Crippen LogP contribution in [-0.4, -0.2) is 16.1 Å². The molecular weight excluding hydrogens is 343 g/mol. The second kappa shape index (κ2) is 6.93. The highest BCUT2D eigenvalue weighted by molar-refractivity contribution is 6.29. The summed E-state index contributed by atoms with van der Waals surface area (Å²) >= 11 is 11.3. The maximum atomic E-state index is 11.8. The summed E-state index contributed by atoms with van der Waals surface area (Å²) in [5, 5.41) is 18.9. The number of hydrogen-bond donors (Lipinski definition) is 0. The van der Waals surface area contributed by atoms with Crippen LogP contribution < -0.4 is 4.74 Å². The minimum absolute atomic E-state index is 0.0399. The van der Waals surface area contributed by atoms with Gasteiger partial charge in [-0.05, 0) is 24.3 Å². The molecule has 0 N–H and O–H groups in total. The lowest BCUT2D eigenvalue weighted by Crippen LogP contribution is -2.31. The van der Waals surface area contributed by atoms with Gasteiger partial charge in [-0.25, -0.2) is 14.8 Å². The SMILES string of the molecule is N#CC(C#N)(OC(=O)Oc1ccc(Cl)nc1)c1ccc(Cl)nc1. The summed E-state index contributed by atoms with van der Waals surface area (Å²) in [4.78, 5) is 19.3. The van der Waals surface area contributed by atoms with Crippen molar-refractivity contribution in [2.24, 2.45) is 0 Å². The number of carbonyl (C=O) groups is 1. The molecule has 0 aliphatic carbocycles. The third-order valence-electron chi connectivity index (χ3n) is 2.59. The summed E-state index contributed by atoms with van der Waals surface area (Å²) in [5.41, 5.74) is -2.17. The zero-order chi connectivity index (χ0) is 16.9. The van der Waals surface area contributed by atoms with Gasteiger partial charge in [-0.3, -0.25) is 0 Å². The molecule has 0 atom stereocenters. The first-order chi connectivity index (χ1) is 11.0. The average molecular weight is 349 g/mol. The van der Waals surface area contributed by atoms with E-state index in [1.54, 1.807) is 12.1 Å². The smallest absolute Gasteiger partial charge is 0.394 e. The molecule has 9 heteroatoms. The Labute approximate surface area is 140 Å². The zero-order valence-electron chi connectivity index (χ0n) is 11.2. The normalized spacial score (nSPS) is 10.3. The molecule has 2 aromatic heterocycles. The molecule has 0 unspecified atom stereocenters. The number of nitriles is 2. The number of hydrogen-bond acceptors (Lipinski definition) is 7. The molecule has 2 heterocycles. The Hall–Kier alpha value is -2.87. The van der Waals surface area contributed by atoms with Crippen LogP contribution in [0, 0.1) is 22.7 Å². The highest BCUT2D eigenvalue weighted by Crippen LogP contribution is 2.26. The monoisotopic (exact) mass is 348 g/mol. The molecule has 0 bridgehead atoms. The van der Waals surface area contributed by atoms with E-state index in [1.807, 2.05) is 0 Å². The maximum Gasteiger partial charge on any atom is 0.516 e. The van der Waals surface area contributed by atoms with Crippen molar-refractivity contribution in [1.82, 2.24) is 9.97 Å². The standard InChI is InChI=1S/C14H6Cl2N4O3/c15-11-3-1-9(5-19-11)14(7-17,8-18)23-13(21)22-10-2-4-12(16)20-6-10/h1-6H. The summed E-state index contributed by atoms with van der Waals surface area (Å²) in [5.74, 6) is 0.0402. The molecule has 0 spiro atoms. The Morgan fingerprint density at radius 2 is 1.65 bits per heavy atom. The summed E-state index contributed by atoms with van der Waals surface area (Å²) in [6, 6.07) is 8.72. The van der Waals surface area contributed by atoms with E-state index in [4.69, 9.17) is 32.7 Å². The maximum absolute atomic E-state index is 11.8. The molecule has 23 heavy (non-hydrogen) atoms. The average Bonchev–Trinajstić information content (AvgIpc) is 2.56. The summed E-state index contributed by atoms with van der Waals surface area (Å²) in [6.45, 7) is 0. The van der Waals surface area contributed by atoms with E-state index >= 15 is 0 Å². The molecule has 0 saturated carbocycles. The van der Waals surface area contributed by atoms with Crippen molar-refractivity contribution < 1.29 is 14.3 Å². The van der Waals surface area contributed by atoms with E-state index < -0.39 is 11.8 Å². The van der Waals surface area contributed by atoms with Crippen molar-refractivity contribution in [1.29, 1.82) is 10.5 Å². The van der Waals surface area contributed by atoms with Crippen molar-refractivity contribution in [3.63, 3.8) is 0 Å². The van der Waals surface area contributed by atoms with Gasteiger partial charge in [0, 0.05) is 11.8 Å². The highest BCUT2D eigenvalue weighted by Gasteiger charge is 2.38. The van der Waals surface area contributed by atoms with Gasteiger partial charge >= 0.3 is 11.8 Å². The van der Waals surface area contributed by atoms with Gasteiger partial charge in [-0.15, -0.1) is 0 Å². The number of carbonyl (C=O) groups excluding carboxylic acids is 1. The fraction of sp³-hybridized carbons (Fsp3) is 0.0714. The predicted molar refractivity (Wildman–Crippen MR) is 78.5 cm³/mol. The van der Waals surface area contributed by atoms with Gasteiger partial charge in [0.25, 0.3) is 0 Å². The number of nitrogens with zero attached hydrogens (tertiary/aromatic N) is 4. The number of pyridine rings is 2. The fourth-order valence-electron chi connectivity index (χ4n) is 1.51. The second-order valence-corrected chi connectivity index (χ2v) is 4.82. The fourth-order valence-corrected chi connectivity index (χ4v) is 1.73. The van der Waals surface area contributed by atoms with Crippen LogP contribution in [0.4, 0.5) is 4.79 Å². The lowest BCUT2D eigenvalue weighted by molar-refractivity contribution is 0.0475. The van der Waals surface area contributed by atoms with E-state index in [2.05, 4.69) is 9.97 Å². The van der Waals surface area contributed by atoms with Gasteiger partial charge in [-0.2, -0.15) is 10.5 Å². The van der Waals surface area contributed by atoms with Crippen LogP contribution in [0.15, 0.2) is 36.7 Å². The highest BCUT2D eigenvalue weighted by atomic mass is 35.5. The van der Waals surface area contributed by atoms with Crippen LogP contribution in [0.2, 0.25) is 10.3 Å². The van der Waals surface area contributed by atoms with Crippen molar-refractivity contribution in [2.75, 3.05) is 0 Å². The third-order valence-corrected chi connectivity index (χ3v) is 3.03. The summed E-state index contributed by atoms with van der Waals surface area (Å²) < 4.78 is 9.71. The van der Waals surface area contributed by atoms with Crippen LogP contribution in [0.3, 0.4) is 0 Å². The lowest BCUT2D eigenvalue weighted by atomic mass is 9.99. The minimum atomic E-state index is -2.21. The molecule has 0 saturated heterocycles. The molecule has 0 aliphatic heterocycles. The van der Waals surface area contributed by atoms with E-state index in [9.17, 15) is 15.3 Å². The van der Waals surface area contributed by atoms with Gasteiger partial charge in [-0.1, -0.05) is 23.2 Å². The Kier molecular flexibility index (Phi) is 4.97. The Bertz CT molecular complexity index is 781. The van der Waals surface area contributed by atoms with Crippen LogP contribution in [-0.2, 0) is 10.3 Å². The molecular formula is C14H6Cl2N4O3. The molecule has 0 amide bonds.